The third-order valence-electron chi connectivity index (χ3n) is 2.34. The summed E-state index contributed by atoms with van der Waals surface area (Å²) in [6, 6.07) is 1.02. The molecule has 0 spiro atoms. The van der Waals surface area contributed by atoms with Crippen molar-refractivity contribution < 1.29 is 9.53 Å². The molecular weight excluding hydrogens is 130 g/mol. The first-order valence-corrected chi connectivity index (χ1v) is 3.79. The third kappa shape index (κ3) is 0.632. The van der Waals surface area contributed by atoms with Gasteiger partial charge in [0, 0.05) is 6.42 Å². The second-order valence-electron chi connectivity index (χ2n) is 2.85. The first-order valence-electron chi connectivity index (χ1n) is 3.79. The van der Waals surface area contributed by atoms with E-state index in [-0.39, 0.29) is 6.09 Å². The minimum absolute atomic E-state index is 0.108. The lowest BCUT2D eigenvalue weighted by Crippen LogP contribution is -2.22. The van der Waals surface area contributed by atoms with Crippen LogP contribution in [0.1, 0.15) is 19.8 Å². The van der Waals surface area contributed by atoms with Gasteiger partial charge in [-0.15, -0.1) is 0 Å². The topological polar surface area (TPSA) is 29.3 Å². The number of carbonyl (C=O) groups excluding carboxylic acids is 1. The molecule has 0 unspecified atom stereocenters. The van der Waals surface area contributed by atoms with Crippen molar-refractivity contribution in [1.29, 1.82) is 0 Å². The van der Waals surface area contributed by atoms with Crippen LogP contribution >= 0.6 is 0 Å². The van der Waals surface area contributed by atoms with Crippen LogP contribution in [-0.4, -0.2) is 29.7 Å². The maximum atomic E-state index is 10.9. The molecule has 3 heteroatoms. The fourth-order valence-corrected chi connectivity index (χ4v) is 1.75. The second-order valence-corrected chi connectivity index (χ2v) is 2.85. The van der Waals surface area contributed by atoms with E-state index >= 15 is 0 Å². The van der Waals surface area contributed by atoms with Gasteiger partial charge in [0.2, 0.25) is 0 Å². The summed E-state index contributed by atoms with van der Waals surface area (Å²) in [4.78, 5) is 12.7. The van der Waals surface area contributed by atoms with E-state index in [9.17, 15) is 4.79 Å². The minimum atomic E-state index is -0.108. The minimum Gasteiger partial charge on any atom is -0.449 e. The number of hydrogen-bond acceptors (Lipinski definition) is 2. The van der Waals surface area contributed by atoms with Crippen LogP contribution in [0.15, 0.2) is 0 Å². The van der Waals surface area contributed by atoms with Crippen LogP contribution in [0.25, 0.3) is 0 Å². The monoisotopic (exact) mass is 141 g/mol. The molecule has 2 saturated heterocycles. The quantitative estimate of drug-likeness (QED) is 0.509. The molecule has 0 bridgehead atoms. The number of fused-ring (bicyclic) bond motifs is 1. The summed E-state index contributed by atoms with van der Waals surface area (Å²) in [5.74, 6) is 0. The largest absolute Gasteiger partial charge is 0.449 e. The molecule has 2 aliphatic rings. The van der Waals surface area contributed by atoms with Crippen molar-refractivity contribution in [2.75, 3.05) is 6.61 Å². The van der Waals surface area contributed by atoms with Crippen LogP contribution in [0.3, 0.4) is 0 Å². The number of nitrogens with zero attached hydrogens (tertiary/aromatic N) is 1. The zero-order valence-electron chi connectivity index (χ0n) is 6.04. The Bertz CT molecular complexity index is 165. The van der Waals surface area contributed by atoms with Crippen molar-refractivity contribution >= 4 is 6.09 Å². The van der Waals surface area contributed by atoms with Gasteiger partial charge >= 0.3 is 6.09 Å². The van der Waals surface area contributed by atoms with Gasteiger partial charge in [0.25, 0.3) is 0 Å². The molecule has 0 aromatic rings. The van der Waals surface area contributed by atoms with Crippen molar-refractivity contribution in [2.45, 2.75) is 31.8 Å². The Morgan fingerprint density at radius 2 is 2.60 bits per heavy atom. The van der Waals surface area contributed by atoms with Gasteiger partial charge in [-0.1, -0.05) is 6.92 Å². The summed E-state index contributed by atoms with van der Waals surface area (Å²) in [7, 11) is 0. The molecule has 2 atom stereocenters. The summed E-state index contributed by atoms with van der Waals surface area (Å²) < 4.78 is 4.85. The Balaban J connectivity index is 2.04. The van der Waals surface area contributed by atoms with Gasteiger partial charge in [0.05, 0.1) is 18.7 Å². The molecule has 0 saturated carbocycles. The molecule has 0 radical (unpaired) electrons. The standard InChI is InChI=1S/C7H11NO2/c1-2-5-6-3-4-10-7(9)8(5)6/h5-6H,2-4H2,1H3/t5-,6+,8?/m1/s1. The van der Waals surface area contributed by atoms with Crippen LogP contribution in [0.2, 0.25) is 0 Å². The maximum absolute atomic E-state index is 10.9. The molecule has 2 heterocycles. The van der Waals surface area contributed by atoms with Gasteiger partial charge in [0.15, 0.2) is 0 Å². The highest BCUT2D eigenvalue weighted by Crippen LogP contribution is 2.36. The van der Waals surface area contributed by atoms with Crippen molar-refractivity contribution in [1.82, 2.24) is 4.90 Å². The average Bonchev–Trinajstić information content (AvgIpc) is 2.63. The van der Waals surface area contributed by atoms with E-state index in [1.165, 1.54) is 0 Å². The summed E-state index contributed by atoms with van der Waals surface area (Å²) in [6.07, 6.45) is 1.99. The normalized spacial score (nSPS) is 36.9. The molecule has 3 nitrogen and oxygen atoms in total. The van der Waals surface area contributed by atoms with Crippen molar-refractivity contribution in [3.8, 4) is 0 Å². The molecule has 2 aliphatic heterocycles. The third-order valence-corrected chi connectivity index (χ3v) is 2.34. The zero-order valence-corrected chi connectivity index (χ0v) is 6.04. The van der Waals surface area contributed by atoms with E-state index in [1.54, 1.807) is 0 Å². The Morgan fingerprint density at radius 1 is 1.80 bits per heavy atom. The van der Waals surface area contributed by atoms with Crippen molar-refractivity contribution in [3.63, 3.8) is 0 Å². The molecule has 0 aromatic carbocycles. The highest BCUT2D eigenvalue weighted by atomic mass is 16.6. The van der Waals surface area contributed by atoms with Crippen LogP contribution in [0.4, 0.5) is 4.79 Å². The number of amides is 1. The van der Waals surface area contributed by atoms with Gasteiger partial charge in [-0.05, 0) is 6.42 Å². The summed E-state index contributed by atoms with van der Waals surface area (Å²) in [5, 5.41) is 0. The lowest BCUT2D eigenvalue weighted by atomic mass is 10.2. The average molecular weight is 141 g/mol. The van der Waals surface area contributed by atoms with E-state index in [1.807, 2.05) is 4.90 Å². The fraction of sp³-hybridized carbons (Fsp3) is 0.857. The molecule has 0 N–H and O–H groups in total. The highest BCUT2D eigenvalue weighted by molar-refractivity contribution is 5.73. The molecule has 56 valence electrons. The van der Waals surface area contributed by atoms with Gasteiger partial charge in [-0.3, -0.25) is 4.90 Å². The number of rotatable bonds is 1. The van der Waals surface area contributed by atoms with Crippen molar-refractivity contribution in [2.24, 2.45) is 0 Å². The Labute approximate surface area is 60.0 Å². The predicted octanol–water partition coefficient (Wildman–Crippen LogP) is 0.990. The zero-order chi connectivity index (χ0) is 7.14. The number of cyclic esters (lactones) is 1. The maximum Gasteiger partial charge on any atom is 0.410 e. The number of ether oxygens (including phenoxy) is 1. The van der Waals surface area contributed by atoms with Gasteiger partial charge in [-0.25, -0.2) is 4.79 Å². The van der Waals surface area contributed by atoms with Crippen LogP contribution in [-0.2, 0) is 4.74 Å². The van der Waals surface area contributed by atoms with Gasteiger partial charge < -0.3 is 4.74 Å². The molecule has 10 heavy (non-hydrogen) atoms. The molecule has 0 aromatic heterocycles. The first-order chi connectivity index (χ1) is 4.84. The smallest absolute Gasteiger partial charge is 0.410 e. The summed E-state index contributed by atoms with van der Waals surface area (Å²) in [6.45, 7) is 2.73. The Kier molecular flexibility index (Phi) is 1.13. The highest BCUT2D eigenvalue weighted by Gasteiger charge is 2.52. The summed E-state index contributed by atoms with van der Waals surface area (Å²) in [5.41, 5.74) is 0. The van der Waals surface area contributed by atoms with E-state index in [0.717, 1.165) is 12.8 Å². The molecule has 0 aliphatic carbocycles. The van der Waals surface area contributed by atoms with Gasteiger partial charge in [-0.2, -0.15) is 0 Å². The van der Waals surface area contributed by atoms with Crippen molar-refractivity contribution in [3.05, 3.63) is 0 Å². The van der Waals surface area contributed by atoms with Crippen LogP contribution in [0, 0.1) is 0 Å². The van der Waals surface area contributed by atoms with Crippen LogP contribution < -0.4 is 0 Å². The molecular formula is C7H11NO2. The molecule has 2 fully saturated rings. The molecule has 1 amide bonds. The number of carbonyl (C=O) groups is 1. The van der Waals surface area contributed by atoms with E-state index < -0.39 is 0 Å². The predicted molar refractivity (Wildman–Crippen MR) is 35.7 cm³/mol. The lowest BCUT2D eigenvalue weighted by molar-refractivity contribution is 0.109. The van der Waals surface area contributed by atoms with E-state index in [2.05, 4.69) is 6.92 Å². The first kappa shape index (κ1) is 6.01. The van der Waals surface area contributed by atoms with E-state index in [4.69, 9.17) is 4.74 Å². The fourth-order valence-electron chi connectivity index (χ4n) is 1.75. The molecule has 2 rings (SSSR count). The SMILES string of the molecule is CC[C@@H]1[C@@H]2CCOC(=O)N12. The Hall–Kier alpha value is -0.730. The lowest BCUT2D eigenvalue weighted by Gasteiger charge is -2.10. The van der Waals surface area contributed by atoms with Gasteiger partial charge in [0.1, 0.15) is 0 Å². The second kappa shape index (κ2) is 1.87. The summed E-state index contributed by atoms with van der Waals surface area (Å²) >= 11 is 0. The number of hydrogen-bond donors (Lipinski definition) is 0. The van der Waals surface area contributed by atoms with E-state index in [0.29, 0.717) is 18.7 Å². The van der Waals surface area contributed by atoms with Crippen LogP contribution in [0.5, 0.6) is 0 Å². The Morgan fingerprint density at radius 3 is 3.20 bits per heavy atom.